The van der Waals surface area contributed by atoms with Crippen molar-refractivity contribution in [3.8, 4) is 11.5 Å². The van der Waals surface area contributed by atoms with E-state index >= 15 is 0 Å². The minimum atomic E-state index is -0.516. The van der Waals surface area contributed by atoms with Crippen LogP contribution in [0.1, 0.15) is 69.9 Å². The van der Waals surface area contributed by atoms with Crippen molar-refractivity contribution in [2.45, 2.75) is 82.3 Å². The lowest BCUT2D eigenvalue weighted by atomic mass is 9.31. The zero-order valence-electron chi connectivity index (χ0n) is 18.8. The van der Waals surface area contributed by atoms with E-state index in [9.17, 15) is 4.79 Å². The average molecular weight is 411 g/mol. The van der Waals surface area contributed by atoms with Gasteiger partial charge in [0, 0.05) is 24.5 Å². The first-order valence-corrected chi connectivity index (χ1v) is 11.9. The van der Waals surface area contributed by atoms with Gasteiger partial charge in [0.05, 0.1) is 13.0 Å². The topological polar surface area (TPSA) is 44.8 Å². The first-order chi connectivity index (χ1) is 14.5. The number of hydrogen-bond acceptors (Lipinski definition) is 4. The van der Waals surface area contributed by atoms with Crippen LogP contribution in [0.5, 0.6) is 11.5 Å². The summed E-state index contributed by atoms with van der Waals surface area (Å²) in [5, 5.41) is 0. The zero-order chi connectivity index (χ0) is 20.9. The summed E-state index contributed by atoms with van der Waals surface area (Å²) in [7, 11) is 3.55. The van der Waals surface area contributed by atoms with Crippen LogP contribution >= 0.6 is 0 Å². The molecular weight excluding hydrogens is 376 g/mol. The van der Waals surface area contributed by atoms with E-state index in [1.165, 1.54) is 17.5 Å². The summed E-state index contributed by atoms with van der Waals surface area (Å²) in [5.74, 6) is 3.43. The molecule has 7 atom stereocenters. The molecule has 4 bridgehead atoms. The maximum atomic E-state index is 13.4. The molecule has 0 saturated heterocycles. The van der Waals surface area contributed by atoms with Crippen molar-refractivity contribution in [2.75, 3.05) is 14.2 Å². The van der Waals surface area contributed by atoms with Crippen LogP contribution in [0.2, 0.25) is 0 Å². The number of fused-ring (bicyclic) bond motifs is 2. The van der Waals surface area contributed by atoms with Gasteiger partial charge < -0.3 is 14.2 Å². The first kappa shape index (κ1) is 19.2. The summed E-state index contributed by atoms with van der Waals surface area (Å²) in [6, 6.07) is 4.37. The Labute approximate surface area is 179 Å². The highest BCUT2D eigenvalue weighted by molar-refractivity contribution is 5.83. The Balaban J connectivity index is 1.63. The van der Waals surface area contributed by atoms with Gasteiger partial charge in [0.1, 0.15) is 17.5 Å². The Morgan fingerprint density at radius 3 is 2.80 bits per heavy atom. The summed E-state index contributed by atoms with van der Waals surface area (Å²) >= 11 is 0. The van der Waals surface area contributed by atoms with Crippen molar-refractivity contribution >= 4 is 5.78 Å². The maximum Gasteiger partial charge on any atom is 0.165 e. The van der Waals surface area contributed by atoms with Crippen LogP contribution in [-0.2, 0) is 21.4 Å². The molecule has 1 aliphatic heterocycles. The fraction of sp³-hybridized carbons (Fsp3) is 0.731. The summed E-state index contributed by atoms with van der Waals surface area (Å²) < 4.78 is 19.1. The number of hydrogen-bond donors (Lipinski definition) is 0. The van der Waals surface area contributed by atoms with Crippen LogP contribution in [0.15, 0.2) is 12.1 Å². The number of carbonyl (C=O) groups is 1. The summed E-state index contributed by atoms with van der Waals surface area (Å²) in [6.45, 7) is 4.55. The molecule has 6 aliphatic rings. The van der Waals surface area contributed by atoms with E-state index in [2.05, 4.69) is 26.0 Å². The van der Waals surface area contributed by atoms with Gasteiger partial charge in [0.25, 0.3) is 0 Å². The van der Waals surface area contributed by atoms with Gasteiger partial charge >= 0.3 is 0 Å². The average Bonchev–Trinajstić information content (AvgIpc) is 3.13. The molecule has 2 spiro atoms. The van der Waals surface area contributed by atoms with Crippen molar-refractivity contribution in [3.63, 3.8) is 0 Å². The first-order valence-electron chi connectivity index (χ1n) is 11.9. The van der Waals surface area contributed by atoms with Gasteiger partial charge in [0.2, 0.25) is 0 Å². The lowest BCUT2D eigenvalue weighted by molar-refractivity contribution is -0.272. The Bertz CT molecular complexity index is 924. The monoisotopic (exact) mass is 410 g/mol. The molecule has 0 aromatic heterocycles. The van der Waals surface area contributed by atoms with E-state index in [0.29, 0.717) is 24.0 Å². The van der Waals surface area contributed by atoms with Crippen molar-refractivity contribution in [1.29, 1.82) is 0 Å². The lowest BCUT2D eigenvalue weighted by Crippen LogP contribution is -2.78. The highest BCUT2D eigenvalue weighted by Crippen LogP contribution is 2.79. The molecule has 7 rings (SSSR count). The largest absolute Gasteiger partial charge is 0.493 e. The predicted molar refractivity (Wildman–Crippen MR) is 114 cm³/mol. The molecule has 0 amide bonds. The third kappa shape index (κ3) is 1.84. The minimum Gasteiger partial charge on any atom is -0.493 e. The summed E-state index contributed by atoms with van der Waals surface area (Å²) in [5.41, 5.74) is 2.47. The quantitative estimate of drug-likeness (QED) is 0.696. The molecule has 4 heteroatoms. The molecule has 4 saturated carbocycles. The lowest BCUT2D eigenvalue weighted by Gasteiger charge is -2.73. The van der Waals surface area contributed by atoms with Crippen LogP contribution in [0, 0.1) is 23.2 Å². The van der Waals surface area contributed by atoms with Crippen molar-refractivity contribution in [3.05, 3.63) is 23.3 Å². The minimum absolute atomic E-state index is 0.0289. The van der Waals surface area contributed by atoms with Crippen molar-refractivity contribution in [1.82, 2.24) is 0 Å². The predicted octanol–water partition coefficient (Wildman–Crippen LogP) is 4.85. The van der Waals surface area contributed by atoms with E-state index in [1.54, 1.807) is 7.11 Å². The molecule has 1 heterocycles. The Morgan fingerprint density at radius 1 is 1.23 bits per heavy atom. The fourth-order valence-electron chi connectivity index (χ4n) is 9.03. The molecule has 30 heavy (non-hydrogen) atoms. The molecule has 1 aromatic rings. The normalized spacial score (nSPS) is 44.4. The van der Waals surface area contributed by atoms with Gasteiger partial charge in [0.15, 0.2) is 11.5 Å². The number of benzene rings is 1. The van der Waals surface area contributed by atoms with Crippen LogP contribution < -0.4 is 9.47 Å². The number of Topliss-reactive ketones (excluding diaryl/α,β-unsaturated/α-hetero) is 1. The molecule has 4 nitrogen and oxygen atoms in total. The second kappa shape index (κ2) is 6.03. The number of ketones is 1. The van der Waals surface area contributed by atoms with E-state index in [4.69, 9.17) is 14.2 Å². The number of rotatable bonds is 5. The molecular formula is C26H34O4. The Kier molecular flexibility index (Phi) is 3.85. The standard InChI is InChI=1S/C26H34O4/c1-5-6-19(27)18-14-24-11-12-26(18,29-4)23-25(24)10-9-15(2)17(24)13-16-7-8-20(28-3)22(30-23)21(16)25/h7-8,15,17-18,23H,5-6,9-14H2,1-4H3. The number of carbonyl (C=O) groups excluding carboxylic acids is 1. The fourth-order valence-corrected chi connectivity index (χ4v) is 9.03. The third-order valence-electron chi connectivity index (χ3n) is 10.1. The van der Waals surface area contributed by atoms with E-state index < -0.39 is 5.60 Å². The number of ether oxygens (including phenoxy) is 3. The second-order valence-corrected chi connectivity index (χ2v) is 10.7. The maximum absolute atomic E-state index is 13.4. The molecule has 162 valence electrons. The van der Waals surface area contributed by atoms with Crippen LogP contribution in [0.25, 0.3) is 0 Å². The molecule has 0 radical (unpaired) electrons. The van der Waals surface area contributed by atoms with Gasteiger partial charge in [-0.05, 0) is 73.8 Å². The van der Waals surface area contributed by atoms with Crippen molar-refractivity contribution < 1.29 is 19.0 Å². The van der Waals surface area contributed by atoms with Crippen molar-refractivity contribution in [2.24, 2.45) is 23.2 Å². The SMILES string of the molecule is CCCC(=O)C1CC23CCC1(OC)C1Oc4c(OC)ccc5c4C12CCC(C)C3C5. The molecule has 5 aliphatic carbocycles. The van der Waals surface area contributed by atoms with Gasteiger partial charge in [-0.1, -0.05) is 19.9 Å². The Hall–Kier alpha value is -1.55. The molecule has 0 N–H and O–H groups in total. The zero-order valence-corrected chi connectivity index (χ0v) is 18.8. The van der Waals surface area contributed by atoms with Gasteiger partial charge in [-0.3, -0.25) is 4.79 Å². The van der Waals surface area contributed by atoms with E-state index in [0.717, 1.165) is 50.0 Å². The third-order valence-corrected chi connectivity index (χ3v) is 10.1. The van der Waals surface area contributed by atoms with Crippen LogP contribution in [0.4, 0.5) is 0 Å². The smallest absolute Gasteiger partial charge is 0.165 e. The van der Waals surface area contributed by atoms with Crippen LogP contribution in [0.3, 0.4) is 0 Å². The molecule has 4 fully saturated rings. The summed E-state index contributed by atoms with van der Waals surface area (Å²) in [6.07, 6.45) is 8.02. The molecule has 7 unspecified atom stereocenters. The van der Waals surface area contributed by atoms with Gasteiger partial charge in [-0.15, -0.1) is 0 Å². The highest BCUT2D eigenvalue weighted by Gasteiger charge is 2.80. The second-order valence-electron chi connectivity index (χ2n) is 10.7. The Morgan fingerprint density at radius 2 is 2.07 bits per heavy atom. The summed E-state index contributed by atoms with van der Waals surface area (Å²) in [4.78, 5) is 13.4. The van der Waals surface area contributed by atoms with E-state index in [1.807, 2.05) is 7.11 Å². The van der Waals surface area contributed by atoms with Gasteiger partial charge in [-0.25, -0.2) is 0 Å². The van der Waals surface area contributed by atoms with E-state index in [-0.39, 0.29) is 22.9 Å². The van der Waals surface area contributed by atoms with Crippen LogP contribution in [-0.4, -0.2) is 31.7 Å². The number of methoxy groups -OCH3 is 2. The van der Waals surface area contributed by atoms with Gasteiger partial charge in [-0.2, -0.15) is 0 Å². The molecule has 1 aromatic carbocycles. The highest BCUT2D eigenvalue weighted by atomic mass is 16.6.